The highest BCUT2D eigenvalue weighted by molar-refractivity contribution is 5.81. The number of piperazine rings is 1. The number of aryl methyl sites for hydroxylation is 1. The van der Waals surface area contributed by atoms with Crippen molar-refractivity contribution < 1.29 is 18.7 Å². The molecule has 0 unspecified atom stereocenters. The lowest BCUT2D eigenvalue weighted by Gasteiger charge is -2.39. The van der Waals surface area contributed by atoms with Crippen LogP contribution in [0, 0.1) is 12.7 Å². The van der Waals surface area contributed by atoms with Gasteiger partial charge in [0.1, 0.15) is 11.6 Å². The number of anilines is 1. The number of hydrogen-bond donors (Lipinski definition) is 0. The Balaban J connectivity index is 1.95. The monoisotopic (exact) mass is 501 g/mol. The topological polar surface area (TPSA) is 70.9 Å². The molecule has 1 aliphatic heterocycles. The normalized spacial score (nSPS) is 14.5. The molecule has 2 heterocycles. The van der Waals surface area contributed by atoms with Gasteiger partial charge in [0.2, 0.25) is 5.91 Å². The van der Waals surface area contributed by atoms with Gasteiger partial charge in [0, 0.05) is 50.2 Å². The molecule has 9 heteroatoms. The van der Waals surface area contributed by atoms with Crippen molar-refractivity contribution >= 4 is 17.7 Å². The summed E-state index contributed by atoms with van der Waals surface area (Å²) in [6, 6.07) is 6.83. The van der Waals surface area contributed by atoms with Crippen LogP contribution in [0.5, 0.6) is 0 Å². The second-order valence-electron chi connectivity index (χ2n) is 9.82. The fourth-order valence-corrected chi connectivity index (χ4v) is 4.61. The molecule has 3 rings (SSSR count). The maximum absolute atomic E-state index is 14.1. The fourth-order valence-electron chi connectivity index (χ4n) is 4.61. The molecule has 1 aliphatic rings. The fraction of sp³-hybridized carbons (Fsp3) is 0.593. The number of carbonyl (C=O) groups excluding carboxylic acids is 2. The molecule has 36 heavy (non-hydrogen) atoms. The minimum Gasteiger partial charge on any atom is -0.466 e. The Bertz CT molecular complexity index is 1040. The lowest BCUT2D eigenvalue weighted by Crippen LogP contribution is -2.49. The Hall–Kier alpha value is -2.94. The predicted molar refractivity (Wildman–Crippen MR) is 139 cm³/mol. The first-order valence-electron chi connectivity index (χ1n) is 12.9. The van der Waals surface area contributed by atoms with Gasteiger partial charge in [-0.3, -0.25) is 14.5 Å². The summed E-state index contributed by atoms with van der Waals surface area (Å²) in [6.45, 7) is 16.1. The molecule has 0 bridgehead atoms. The predicted octanol–water partition coefficient (Wildman–Crippen LogP) is 3.93. The van der Waals surface area contributed by atoms with E-state index in [2.05, 4.69) is 23.6 Å². The maximum atomic E-state index is 14.1. The quantitative estimate of drug-likeness (QED) is 0.460. The van der Waals surface area contributed by atoms with Gasteiger partial charge in [-0.25, -0.2) is 9.07 Å². The molecule has 2 aromatic rings. The smallest absolute Gasteiger partial charge is 0.306 e. The molecule has 1 amide bonds. The van der Waals surface area contributed by atoms with Gasteiger partial charge >= 0.3 is 5.97 Å². The van der Waals surface area contributed by atoms with E-state index >= 15 is 0 Å². The Morgan fingerprint density at radius 3 is 2.39 bits per heavy atom. The van der Waals surface area contributed by atoms with Crippen molar-refractivity contribution in [2.75, 3.05) is 37.7 Å². The van der Waals surface area contributed by atoms with Crippen LogP contribution in [0.1, 0.15) is 58.7 Å². The molecule has 0 N–H and O–H groups in total. The number of esters is 1. The summed E-state index contributed by atoms with van der Waals surface area (Å²) in [6.07, 6.45) is 0.151. The van der Waals surface area contributed by atoms with Crippen LogP contribution in [0.4, 0.5) is 10.2 Å². The summed E-state index contributed by atoms with van der Waals surface area (Å²) in [5, 5.41) is 4.80. The Morgan fingerprint density at radius 1 is 1.11 bits per heavy atom. The highest BCUT2D eigenvalue weighted by Gasteiger charge is 2.29. The average molecular weight is 502 g/mol. The minimum absolute atomic E-state index is 0.0570. The Labute approximate surface area is 214 Å². The first-order valence-corrected chi connectivity index (χ1v) is 12.9. The molecule has 0 spiro atoms. The molecule has 0 radical (unpaired) electrons. The highest BCUT2D eigenvalue weighted by atomic mass is 19.1. The van der Waals surface area contributed by atoms with Gasteiger partial charge in [-0.1, -0.05) is 6.07 Å². The standard InChI is InChI=1S/C27H40FN5O3/c1-7-36-26(35)12-11-25(34)32(20(4)5)18-24-21(6)29-33(23-10-8-9-22(28)17-23)27(24)31-15-13-30(14-16-31)19(2)3/h8-10,17,19-20H,7,11-16,18H2,1-6H3. The molecule has 1 aromatic heterocycles. The number of rotatable bonds is 10. The van der Waals surface area contributed by atoms with Crippen LogP contribution in [0.15, 0.2) is 24.3 Å². The van der Waals surface area contributed by atoms with Crippen molar-refractivity contribution in [3.8, 4) is 5.69 Å². The molecule has 198 valence electrons. The second kappa shape index (κ2) is 12.3. The van der Waals surface area contributed by atoms with Gasteiger partial charge in [0.05, 0.1) is 31.0 Å². The van der Waals surface area contributed by atoms with E-state index in [-0.39, 0.29) is 36.6 Å². The zero-order valence-electron chi connectivity index (χ0n) is 22.5. The molecule has 0 atom stereocenters. The van der Waals surface area contributed by atoms with Gasteiger partial charge in [-0.05, 0) is 59.7 Å². The van der Waals surface area contributed by atoms with E-state index in [0.717, 1.165) is 43.3 Å². The molecular weight excluding hydrogens is 461 g/mol. The van der Waals surface area contributed by atoms with Crippen LogP contribution in [0.25, 0.3) is 5.69 Å². The third-order valence-electron chi connectivity index (χ3n) is 6.67. The number of ether oxygens (including phenoxy) is 1. The third kappa shape index (κ3) is 6.63. The molecule has 1 fully saturated rings. The van der Waals surface area contributed by atoms with E-state index in [1.165, 1.54) is 12.1 Å². The summed E-state index contributed by atoms with van der Waals surface area (Å²) >= 11 is 0. The maximum Gasteiger partial charge on any atom is 0.306 e. The van der Waals surface area contributed by atoms with Gasteiger partial charge < -0.3 is 14.5 Å². The summed E-state index contributed by atoms with van der Waals surface area (Å²) in [7, 11) is 0. The van der Waals surface area contributed by atoms with Crippen molar-refractivity contribution in [1.82, 2.24) is 19.6 Å². The number of halogens is 1. The van der Waals surface area contributed by atoms with Crippen molar-refractivity contribution in [2.24, 2.45) is 0 Å². The van der Waals surface area contributed by atoms with E-state index in [1.54, 1.807) is 22.6 Å². The van der Waals surface area contributed by atoms with Crippen molar-refractivity contribution in [3.63, 3.8) is 0 Å². The van der Waals surface area contributed by atoms with Crippen molar-refractivity contribution in [3.05, 3.63) is 41.3 Å². The second-order valence-corrected chi connectivity index (χ2v) is 9.82. The average Bonchev–Trinajstić information content (AvgIpc) is 3.16. The van der Waals surface area contributed by atoms with E-state index in [9.17, 15) is 14.0 Å². The molecule has 0 saturated carbocycles. The SMILES string of the molecule is CCOC(=O)CCC(=O)N(Cc1c(C)nn(-c2cccc(F)c2)c1N1CCN(C(C)C)CC1)C(C)C. The van der Waals surface area contributed by atoms with Crippen molar-refractivity contribution in [1.29, 1.82) is 0 Å². The molecule has 1 saturated heterocycles. The number of nitrogens with zero attached hydrogens (tertiary/aromatic N) is 5. The first kappa shape index (κ1) is 27.6. The number of benzene rings is 1. The zero-order chi connectivity index (χ0) is 26.4. The Morgan fingerprint density at radius 2 is 1.81 bits per heavy atom. The van der Waals surface area contributed by atoms with E-state index in [1.807, 2.05) is 26.8 Å². The van der Waals surface area contributed by atoms with Gasteiger partial charge in [0.15, 0.2) is 0 Å². The highest BCUT2D eigenvalue weighted by Crippen LogP contribution is 2.31. The minimum atomic E-state index is -0.367. The lowest BCUT2D eigenvalue weighted by atomic mass is 10.1. The molecule has 0 aliphatic carbocycles. The van der Waals surface area contributed by atoms with Gasteiger partial charge in [-0.15, -0.1) is 0 Å². The Kier molecular flexibility index (Phi) is 9.48. The van der Waals surface area contributed by atoms with E-state index in [4.69, 9.17) is 9.84 Å². The van der Waals surface area contributed by atoms with Crippen LogP contribution >= 0.6 is 0 Å². The van der Waals surface area contributed by atoms with Crippen molar-refractivity contribution in [2.45, 2.75) is 73.0 Å². The van der Waals surface area contributed by atoms with E-state index < -0.39 is 0 Å². The third-order valence-corrected chi connectivity index (χ3v) is 6.67. The number of aromatic nitrogens is 2. The largest absolute Gasteiger partial charge is 0.466 e. The summed E-state index contributed by atoms with van der Waals surface area (Å²) in [5.41, 5.74) is 2.38. The summed E-state index contributed by atoms with van der Waals surface area (Å²) in [5.74, 6) is 0.0981. The number of hydrogen-bond acceptors (Lipinski definition) is 6. The number of amides is 1. The molecule has 1 aromatic carbocycles. The van der Waals surface area contributed by atoms with Gasteiger partial charge in [-0.2, -0.15) is 5.10 Å². The summed E-state index contributed by atoms with van der Waals surface area (Å²) in [4.78, 5) is 31.5. The molecule has 8 nitrogen and oxygen atoms in total. The van der Waals surface area contributed by atoms with Crippen LogP contribution in [-0.2, 0) is 20.9 Å². The zero-order valence-corrected chi connectivity index (χ0v) is 22.5. The first-order chi connectivity index (χ1) is 17.1. The molecular formula is C27H40FN5O3. The van der Waals surface area contributed by atoms with E-state index in [0.29, 0.717) is 24.9 Å². The van der Waals surface area contributed by atoms with Gasteiger partial charge in [0.25, 0.3) is 0 Å². The van der Waals surface area contributed by atoms with Crippen LogP contribution in [-0.4, -0.2) is 76.3 Å². The lowest BCUT2D eigenvalue weighted by molar-refractivity contribution is -0.146. The van der Waals surface area contributed by atoms with Crippen LogP contribution in [0.3, 0.4) is 0 Å². The summed E-state index contributed by atoms with van der Waals surface area (Å²) < 4.78 is 20.9. The number of carbonyl (C=O) groups is 2. The van der Waals surface area contributed by atoms with Crippen LogP contribution in [0.2, 0.25) is 0 Å². The van der Waals surface area contributed by atoms with Crippen LogP contribution < -0.4 is 4.90 Å².